The molecular weight excluding hydrogens is 362 g/mol. The van der Waals surface area contributed by atoms with Crippen molar-refractivity contribution in [2.45, 2.75) is 6.54 Å². The van der Waals surface area contributed by atoms with Crippen LogP contribution in [0.1, 0.15) is 21.5 Å². The van der Waals surface area contributed by atoms with Crippen LogP contribution in [0.25, 0.3) is 6.08 Å². The molecule has 1 N–H and O–H groups in total. The fourth-order valence-electron chi connectivity index (χ4n) is 3.07. The van der Waals surface area contributed by atoms with E-state index in [1.807, 2.05) is 19.0 Å². The summed E-state index contributed by atoms with van der Waals surface area (Å²) in [4.78, 5) is 14.7. The number of phenols is 1. The number of fused-ring (bicyclic) bond motifs is 1. The van der Waals surface area contributed by atoms with Crippen LogP contribution in [0.3, 0.4) is 0 Å². The van der Waals surface area contributed by atoms with Gasteiger partial charge in [0.2, 0.25) is 5.78 Å². The minimum atomic E-state index is -0.258. The molecule has 1 heterocycles. The zero-order chi connectivity index (χ0) is 20.4. The Labute approximate surface area is 163 Å². The van der Waals surface area contributed by atoms with E-state index in [-0.39, 0.29) is 17.3 Å². The van der Waals surface area contributed by atoms with Crippen LogP contribution in [0.15, 0.2) is 30.0 Å². The maximum atomic E-state index is 12.8. The van der Waals surface area contributed by atoms with Gasteiger partial charge in [-0.15, -0.1) is 0 Å². The number of ether oxygens (including phenoxy) is 4. The first-order valence-electron chi connectivity index (χ1n) is 8.63. The molecule has 0 spiro atoms. The molecule has 0 saturated carbocycles. The van der Waals surface area contributed by atoms with E-state index in [0.717, 1.165) is 0 Å². The first-order chi connectivity index (χ1) is 13.4. The highest BCUT2D eigenvalue weighted by Crippen LogP contribution is 2.41. The summed E-state index contributed by atoms with van der Waals surface area (Å²) in [7, 11) is 8.35. The predicted octanol–water partition coefficient (Wildman–Crippen LogP) is 3.10. The summed E-state index contributed by atoms with van der Waals surface area (Å²) in [5.74, 6) is 1.88. The van der Waals surface area contributed by atoms with Gasteiger partial charge in [-0.05, 0) is 38.4 Å². The molecule has 0 aromatic heterocycles. The number of methoxy groups -OCH3 is 3. The third kappa shape index (κ3) is 3.48. The maximum Gasteiger partial charge on any atom is 0.231 e. The standard InChI is InChI=1S/C21H23NO6/c1-22(2)11-14-15(23)7-6-13-20(24)19(28-21(13)14)9-12-8-17(26-4)18(27-5)10-16(12)25-3/h6-10,23H,11H2,1-5H3/b19-9-. The van der Waals surface area contributed by atoms with Gasteiger partial charge in [-0.1, -0.05) is 0 Å². The Balaban J connectivity index is 2.06. The Morgan fingerprint density at radius 3 is 2.29 bits per heavy atom. The van der Waals surface area contributed by atoms with Gasteiger partial charge in [-0.25, -0.2) is 0 Å². The molecule has 0 atom stereocenters. The molecule has 0 aliphatic carbocycles. The first-order valence-corrected chi connectivity index (χ1v) is 8.63. The quantitative estimate of drug-likeness (QED) is 0.766. The molecule has 28 heavy (non-hydrogen) atoms. The third-order valence-electron chi connectivity index (χ3n) is 4.41. The monoisotopic (exact) mass is 385 g/mol. The number of phenolic OH excluding ortho intramolecular Hbond substituents is 1. The number of carbonyl (C=O) groups is 1. The zero-order valence-electron chi connectivity index (χ0n) is 16.5. The van der Waals surface area contributed by atoms with E-state index < -0.39 is 0 Å². The Kier molecular flexibility index (Phi) is 5.46. The minimum absolute atomic E-state index is 0.0881. The van der Waals surface area contributed by atoms with E-state index >= 15 is 0 Å². The highest BCUT2D eigenvalue weighted by molar-refractivity contribution is 6.15. The van der Waals surface area contributed by atoms with Crippen LogP contribution in [-0.2, 0) is 6.54 Å². The molecule has 2 aromatic rings. The molecular formula is C21H23NO6. The van der Waals surface area contributed by atoms with Gasteiger partial charge in [0.15, 0.2) is 17.3 Å². The molecule has 148 valence electrons. The van der Waals surface area contributed by atoms with Gasteiger partial charge in [0.1, 0.15) is 17.2 Å². The molecule has 0 amide bonds. The number of allylic oxidation sites excluding steroid dienone is 1. The van der Waals surface area contributed by atoms with E-state index in [9.17, 15) is 9.90 Å². The van der Waals surface area contributed by atoms with Crippen LogP contribution in [0, 0.1) is 0 Å². The Bertz CT molecular complexity index is 948. The highest BCUT2D eigenvalue weighted by atomic mass is 16.5. The highest BCUT2D eigenvalue weighted by Gasteiger charge is 2.31. The third-order valence-corrected chi connectivity index (χ3v) is 4.41. The van der Waals surface area contributed by atoms with E-state index in [1.54, 1.807) is 24.3 Å². The lowest BCUT2D eigenvalue weighted by atomic mass is 10.0. The van der Waals surface area contributed by atoms with Gasteiger partial charge in [0.25, 0.3) is 0 Å². The van der Waals surface area contributed by atoms with E-state index in [1.165, 1.54) is 27.4 Å². The van der Waals surface area contributed by atoms with Crippen molar-refractivity contribution in [1.29, 1.82) is 0 Å². The molecule has 0 bridgehead atoms. The molecule has 7 nitrogen and oxygen atoms in total. The molecule has 0 saturated heterocycles. The second-order valence-electron chi connectivity index (χ2n) is 6.57. The summed E-state index contributed by atoms with van der Waals surface area (Å²) < 4.78 is 21.9. The Morgan fingerprint density at radius 2 is 1.68 bits per heavy atom. The lowest BCUT2D eigenvalue weighted by Gasteiger charge is -2.14. The number of benzene rings is 2. The maximum absolute atomic E-state index is 12.8. The molecule has 1 aliphatic heterocycles. The fraction of sp³-hybridized carbons (Fsp3) is 0.286. The van der Waals surface area contributed by atoms with Crippen LogP contribution in [-0.4, -0.2) is 51.2 Å². The van der Waals surface area contributed by atoms with Crippen molar-refractivity contribution >= 4 is 11.9 Å². The number of carbonyl (C=O) groups excluding carboxylic acids is 1. The molecule has 3 rings (SSSR count). The summed E-state index contributed by atoms with van der Waals surface area (Å²) >= 11 is 0. The minimum Gasteiger partial charge on any atom is -0.507 e. The Morgan fingerprint density at radius 1 is 1.04 bits per heavy atom. The fourth-order valence-corrected chi connectivity index (χ4v) is 3.07. The topological polar surface area (TPSA) is 77.5 Å². The van der Waals surface area contributed by atoms with Crippen molar-refractivity contribution in [2.75, 3.05) is 35.4 Å². The van der Waals surface area contributed by atoms with E-state index in [2.05, 4.69) is 0 Å². The van der Waals surface area contributed by atoms with Crippen molar-refractivity contribution in [3.8, 4) is 28.7 Å². The number of rotatable bonds is 6. The van der Waals surface area contributed by atoms with Crippen molar-refractivity contribution in [2.24, 2.45) is 0 Å². The van der Waals surface area contributed by atoms with Crippen LogP contribution in [0.5, 0.6) is 28.7 Å². The molecule has 2 aromatic carbocycles. The first kappa shape index (κ1) is 19.6. The largest absolute Gasteiger partial charge is 0.507 e. The molecule has 0 radical (unpaired) electrons. The summed E-state index contributed by atoms with van der Waals surface area (Å²) in [6.07, 6.45) is 1.60. The van der Waals surface area contributed by atoms with Gasteiger partial charge in [-0.2, -0.15) is 0 Å². The number of aromatic hydroxyl groups is 1. The predicted molar refractivity (Wildman–Crippen MR) is 105 cm³/mol. The second-order valence-corrected chi connectivity index (χ2v) is 6.57. The summed E-state index contributed by atoms with van der Waals surface area (Å²) in [6, 6.07) is 6.47. The summed E-state index contributed by atoms with van der Waals surface area (Å²) in [5, 5.41) is 10.2. The number of Topliss-reactive ketones (excluding diaryl/α,β-unsaturated/α-hetero) is 1. The molecule has 0 fully saturated rings. The number of hydrogen-bond acceptors (Lipinski definition) is 7. The molecule has 0 unspecified atom stereocenters. The van der Waals surface area contributed by atoms with Crippen LogP contribution in [0.2, 0.25) is 0 Å². The average Bonchev–Trinajstić information content (AvgIpc) is 2.99. The van der Waals surface area contributed by atoms with Crippen LogP contribution >= 0.6 is 0 Å². The van der Waals surface area contributed by atoms with Gasteiger partial charge < -0.3 is 29.0 Å². The summed E-state index contributed by atoms with van der Waals surface area (Å²) in [5.41, 5.74) is 1.59. The zero-order valence-corrected chi connectivity index (χ0v) is 16.5. The lowest BCUT2D eigenvalue weighted by molar-refractivity contribution is 0.101. The average molecular weight is 385 g/mol. The second kappa shape index (κ2) is 7.82. The van der Waals surface area contributed by atoms with E-state index in [4.69, 9.17) is 18.9 Å². The summed E-state index contributed by atoms with van der Waals surface area (Å²) in [6.45, 7) is 0.440. The Hall–Kier alpha value is -3.19. The smallest absolute Gasteiger partial charge is 0.231 e. The van der Waals surface area contributed by atoms with Gasteiger partial charge in [0, 0.05) is 18.2 Å². The van der Waals surface area contributed by atoms with Gasteiger partial charge in [0.05, 0.1) is 32.5 Å². The van der Waals surface area contributed by atoms with Crippen molar-refractivity contribution in [3.05, 3.63) is 46.7 Å². The number of ketones is 1. The van der Waals surface area contributed by atoms with Gasteiger partial charge in [-0.3, -0.25) is 4.79 Å². The molecule has 1 aliphatic rings. The number of nitrogens with zero attached hydrogens (tertiary/aromatic N) is 1. The normalized spacial score (nSPS) is 14.2. The van der Waals surface area contributed by atoms with Crippen LogP contribution in [0.4, 0.5) is 0 Å². The molecule has 7 heteroatoms. The number of hydrogen-bond donors (Lipinski definition) is 1. The van der Waals surface area contributed by atoms with Crippen molar-refractivity contribution in [1.82, 2.24) is 4.90 Å². The van der Waals surface area contributed by atoms with Crippen molar-refractivity contribution < 1.29 is 28.8 Å². The SMILES string of the molecule is COc1cc(OC)c(OC)cc1/C=C1\Oc2c(ccc(O)c2CN(C)C)C1=O. The van der Waals surface area contributed by atoms with Crippen LogP contribution < -0.4 is 18.9 Å². The lowest BCUT2D eigenvalue weighted by Crippen LogP contribution is -2.11. The van der Waals surface area contributed by atoms with E-state index in [0.29, 0.717) is 46.2 Å². The van der Waals surface area contributed by atoms with Crippen molar-refractivity contribution in [3.63, 3.8) is 0 Å². The van der Waals surface area contributed by atoms with Gasteiger partial charge >= 0.3 is 0 Å².